The van der Waals surface area contributed by atoms with Gasteiger partial charge >= 0.3 is 0 Å². The number of halogens is 1. The van der Waals surface area contributed by atoms with Crippen LogP contribution in [0.2, 0.25) is 0 Å². The van der Waals surface area contributed by atoms with Crippen molar-refractivity contribution >= 4 is 5.91 Å². The normalized spacial score (nSPS) is 19.1. The maximum atomic E-state index is 13.4. The fraction of sp³-hybridized carbons (Fsp3) is 0.875. The van der Waals surface area contributed by atoms with E-state index in [0.29, 0.717) is 0 Å². The topological polar surface area (TPSA) is 116 Å². The highest BCUT2D eigenvalue weighted by atomic mass is 19.1. The van der Waals surface area contributed by atoms with Crippen molar-refractivity contribution in [2.75, 3.05) is 13.2 Å². The Morgan fingerprint density at radius 1 is 1.53 bits per heavy atom. The molecule has 6 nitrogen and oxygen atoms in total. The van der Waals surface area contributed by atoms with E-state index in [4.69, 9.17) is 15.9 Å². The van der Waals surface area contributed by atoms with Crippen molar-refractivity contribution < 1.29 is 24.5 Å². The van der Waals surface area contributed by atoms with Crippen molar-refractivity contribution in [1.82, 2.24) is 5.32 Å². The smallest absolute Gasteiger partial charge is 0.217 e. The largest absolute Gasteiger partial charge is 0.394 e. The summed E-state index contributed by atoms with van der Waals surface area (Å²) in [4.78, 5) is 10.7. The summed E-state index contributed by atoms with van der Waals surface area (Å²) in [6, 6.07) is -1.08. The molecular formula is C8H17FN2O4. The SMILES string of the molecule is CC(=O)NC(CN)C(F)C(O)C(O)CO. The van der Waals surface area contributed by atoms with Gasteiger partial charge in [-0.3, -0.25) is 4.79 Å². The first kappa shape index (κ1) is 14.2. The van der Waals surface area contributed by atoms with Crippen molar-refractivity contribution in [1.29, 1.82) is 0 Å². The number of alkyl halides is 1. The van der Waals surface area contributed by atoms with Gasteiger partial charge in [-0.2, -0.15) is 0 Å². The number of amides is 1. The van der Waals surface area contributed by atoms with E-state index in [1.165, 1.54) is 6.92 Å². The molecule has 0 bridgehead atoms. The Bertz CT molecular complexity index is 205. The Morgan fingerprint density at radius 2 is 2.07 bits per heavy atom. The third kappa shape index (κ3) is 4.52. The molecule has 0 heterocycles. The van der Waals surface area contributed by atoms with Gasteiger partial charge < -0.3 is 26.4 Å². The summed E-state index contributed by atoms with van der Waals surface area (Å²) >= 11 is 0. The van der Waals surface area contributed by atoms with Gasteiger partial charge in [0.15, 0.2) is 0 Å². The lowest BCUT2D eigenvalue weighted by Crippen LogP contribution is -2.53. The molecular weight excluding hydrogens is 207 g/mol. The standard InChI is InChI=1S/C8H17FN2O4/c1-4(13)11-5(2-10)7(9)8(15)6(14)3-12/h5-8,12,14-15H,2-3,10H2,1H3,(H,11,13). The monoisotopic (exact) mass is 224 g/mol. The Morgan fingerprint density at radius 3 is 2.40 bits per heavy atom. The number of nitrogens with two attached hydrogens (primary N) is 1. The van der Waals surface area contributed by atoms with E-state index in [1.54, 1.807) is 0 Å². The highest BCUT2D eigenvalue weighted by Gasteiger charge is 2.32. The van der Waals surface area contributed by atoms with Crippen LogP contribution in [0.3, 0.4) is 0 Å². The number of nitrogens with one attached hydrogen (secondary N) is 1. The Labute approximate surface area is 86.9 Å². The molecule has 0 saturated heterocycles. The van der Waals surface area contributed by atoms with Gasteiger partial charge in [-0.05, 0) is 0 Å². The fourth-order valence-corrected chi connectivity index (χ4v) is 1.09. The summed E-state index contributed by atoms with van der Waals surface area (Å²) in [6.07, 6.45) is -5.31. The molecule has 0 aliphatic carbocycles. The number of hydrogen-bond acceptors (Lipinski definition) is 5. The number of aliphatic hydroxyl groups excluding tert-OH is 3. The van der Waals surface area contributed by atoms with Crippen LogP contribution in [0.4, 0.5) is 4.39 Å². The number of carbonyl (C=O) groups excluding carboxylic acids is 1. The first-order valence-corrected chi connectivity index (χ1v) is 4.52. The van der Waals surface area contributed by atoms with Gasteiger partial charge in [-0.1, -0.05) is 0 Å². The molecule has 0 aromatic carbocycles. The maximum Gasteiger partial charge on any atom is 0.217 e. The third-order valence-corrected chi connectivity index (χ3v) is 1.93. The number of hydrogen-bond donors (Lipinski definition) is 5. The van der Waals surface area contributed by atoms with Crippen LogP contribution >= 0.6 is 0 Å². The van der Waals surface area contributed by atoms with Gasteiger partial charge in [0.1, 0.15) is 18.4 Å². The molecule has 1 amide bonds. The zero-order valence-electron chi connectivity index (χ0n) is 8.43. The summed E-state index contributed by atoms with van der Waals surface area (Å²) < 4.78 is 13.4. The average molecular weight is 224 g/mol. The van der Waals surface area contributed by atoms with E-state index in [-0.39, 0.29) is 6.54 Å². The predicted octanol–water partition coefficient (Wildman–Crippen LogP) is -2.50. The number of rotatable bonds is 6. The lowest BCUT2D eigenvalue weighted by atomic mass is 10.0. The zero-order valence-corrected chi connectivity index (χ0v) is 8.43. The molecule has 0 aromatic heterocycles. The molecule has 4 atom stereocenters. The molecule has 7 heteroatoms. The number of carbonyl (C=O) groups is 1. The summed E-state index contributed by atoms with van der Waals surface area (Å²) in [5.41, 5.74) is 5.19. The zero-order chi connectivity index (χ0) is 12.0. The van der Waals surface area contributed by atoms with Gasteiger partial charge in [-0.15, -0.1) is 0 Å². The third-order valence-electron chi connectivity index (χ3n) is 1.93. The van der Waals surface area contributed by atoms with Gasteiger partial charge in [0.05, 0.1) is 12.6 Å². The molecule has 0 rings (SSSR count). The molecule has 0 aromatic rings. The first-order chi connectivity index (χ1) is 6.93. The minimum Gasteiger partial charge on any atom is -0.394 e. The van der Waals surface area contributed by atoms with E-state index >= 15 is 0 Å². The summed E-state index contributed by atoms with van der Waals surface area (Å²) in [5, 5.41) is 28.9. The quantitative estimate of drug-likeness (QED) is 0.342. The summed E-state index contributed by atoms with van der Waals surface area (Å²) in [7, 11) is 0. The maximum absolute atomic E-state index is 13.4. The molecule has 15 heavy (non-hydrogen) atoms. The summed E-state index contributed by atoms with van der Waals surface area (Å²) in [5.74, 6) is -0.487. The van der Waals surface area contributed by atoms with Crippen LogP contribution in [-0.4, -0.2) is 58.8 Å². The van der Waals surface area contributed by atoms with Crippen LogP contribution in [0.15, 0.2) is 0 Å². The minimum absolute atomic E-state index is 0.212. The second-order valence-electron chi connectivity index (χ2n) is 3.23. The number of aliphatic hydroxyl groups is 3. The fourth-order valence-electron chi connectivity index (χ4n) is 1.09. The van der Waals surface area contributed by atoms with Gasteiger partial charge in [0.25, 0.3) is 0 Å². The molecule has 0 aliphatic rings. The molecule has 90 valence electrons. The highest BCUT2D eigenvalue weighted by Crippen LogP contribution is 2.08. The van der Waals surface area contributed by atoms with Gasteiger partial charge in [0.2, 0.25) is 5.91 Å². The van der Waals surface area contributed by atoms with Gasteiger partial charge in [0, 0.05) is 13.5 Å². The average Bonchev–Trinajstić information content (AvgIpc) is 2.22. The van der Waals surface area contributed by atoms with E-state index in [9.17, 15) is 14.3 Å². The molecule has 0 aliphatic heterocycles. The van der Waals surface area contributed by atoms with Crippen LogP contribution in [0.1, 0.15) is 6.92 Å². The molecule has 0 radical (unpaired) electrons. The molecule has 0 saturated carbocycles. The van der Waals surface area contributed by atoms with Gasteiger partial charge in [-0.25, -0.2) is 4.39 Å². The van der Waals surface area contributed by atoms with E-state index < -0.39 is 36.9 Å². The highest BCUT2D eigenvalue weighted by molar-refractivity contribution is 5.73. The molecule has 4 unspecified atom stereocenters. The van der Waals surface area contributed by atoms with Crippen LogP contribution in [0.5, 0.6) is 0 Å². The van der Waals surface area contributed by atoms with E-state index in [2.05, 4.69) is 5.32 Å². The first-order valence-electron chi connectivity index (χ1n) is 4.52. The molecule has 0 spiro atoms. The molecule has 0 fully saturated rings. The Balaban J connectivity index is 4.35. The Kier molecular flexibility index (Phi) is 6.34. The van der Waals surface area contributed by atoms with Crippen LogP contribution in [0, 0.1) is 0 Å². The Hall–Kier alpha value is -0.760. The van der Waals surface area contributed by atoms with Crippen LogP contribution in [-0.2, 0) is 4.79 Å². The minimum atomic E-state index is -1.93. The van der Waals surface area contributed by atoms with E-state index in [0.717, 1.165) is 0 Å². The van der Waals surface area contributed by atoms with Crippen molar-refractivity contribution in [2.45, 2.75) is 31.3 Å². The lowest BCUT2D eigenvalue weighted by Gasteiger charge is -2.26. The van der Waals surface area contributed by atoms with Crippen molar-refractivity contribution in [3.8, 4) is 0 Å². The van der Waals surface area contributed by atoms with Crippen molar-refractivity contribution in [2.24, 2.45) is 5.73 Å². The predicted molar refractivity (Wildman–Crippen MR) is 50.7 cm³/mol. The van der Waals surface area contributed by atoms with Crippen molar-refractivity contribution in [3.63, 3.8) is 0 Å². The summed E-state index contributed by atoms with van der Waals surface area (Å²) in [6.45, 7) is 0.207. The second-order valence-corrected chi connectivity index (χ2v) is 3.23. The van der Waals surface area contributed by atoms with Crippen LogP contribution < -0.4 is 11.1 Å². The molecule has 6 N–H and O–H groups in total. The van der Waals surface area contributed by atoms with E-state index in [1.807, 2.05) is 0 Å². The second kappa shape index (κ2) is 6.67. The van der Waals surface area contributed by atoms with Crippen LogP contribution in [0.25, 0.3) is 0 Å². The lowest BCUT2D eigenvalue weighted by molar-refractivity contribution is -0.121. The van der Waals surface area contributed by atoms with Crippen molar-refractivity contribution in [3.05, 3.63) is 0 Å².